The first-order valence-electron chi connectivity index (χ1n) is 9.07. The van der Waals surface area contributed by atoms with Gasteiger partial charge in [-0.25, -0.2) is 9.67 Å². The van der Waals surface area contributed by atoms with E-state index in [1.54, 1.807) is 11.7 Å². The van der Waals surface area contributed by atoms with Gasteiger partial charge in [-0.1, -0.05) is 45.9 Å². The van der Waals surface area contributed by atoms with Crippen molar-refractivity contribution in [2.45, 2.75) is 17.5 Å². The van der Waals surface area contributed by atoms with Crippen LogP contribution in [0.3, 0.4) is 0 Å². The molecule has 2 aromatic heterocycles. The van der Waals surface area contributed by atoms with Crippen LogP contribution in [-0.4, -0.2) is 33.0 Å². The lowest BCUT2D eigenvalue weighted by molar-refractivity contribution is 0.183. The number of thioether (sulfide) groups is 1. The molecule has 0 unspecified atom stereocenters. The smallest absolute Gasteiger partial charge is 0.262 e. The predicted octanol–water partition coefficient (Wildman–Crippen LogP) is 4.28. The summed E-state index contributed by atoms with van der Waals surface area (Å²) in [6.07, 6.45) is 1.94. The van der Waals surface area contributed by atoms with Gasteiger partial charge >= 0.3 is 0 Å². The molecule has 29 heavy (non-hydrogen) atoms. The Balaban J connectivity index is 1.62. The molecule has 148 valence electrons. The number of fused-ring (bicyclic) bond motifs is 1. The molecule has 2 heterocycles. The van der Waals surface area contributed by atoms with E-state index in [1.807, 2.05) is 65.5 Å². The van der Waals surface area contributed by atoms with Crippen molar-refractivity contribution in [3.05, 3.63) is 81.3 Å². The number of nitrogens with zero attached hydrogens (tertiary/aromatic N) is 4. The molecule has 6 nitrogen and oxygen atoms in total. The molecule has 2 aromatic carbocycles. The van der Waals surface area contributed by atoms with E-state index in [1.165, 1.54) is 11.8 Å². The first-order valence-corrected chi connectivity index (χ1v) is 10.9. The number of hydrogen-bond acceptors (Lipinski definition) is 5. The van der Waals surface area contributed by atoms with Gasteiger partial charge in [0.05, 0.1) is 35.4 Å². The van der Waals surface area contributed by atoms with E-state index >= 15 is 0 Å². The zero-order valence-corrected chi connectivity index (χ0v) is 18.2. The van der Waals surface area contributed by atoms with Crippen LogP contribution in [-0.2, 0) is 17.0 Å². The molecule has 0 aliphatic heterocycles. The summed E-state index contributed by atoms with van der Waals surface area (Å²) in [6.45, 7) is 0.892. The lowest BCUT2D eigenvalue weighted by Gasteiger charge is -2.12. The predicted molar refractivity (Wildman–Crippen MR) is 119 cm³/mol. The topological polar surface area (TPSA) is 61.9 Å². The monoisotopic (exact) mass is 470 g/mol. The Morgan fingerprint density at radius 3 is 2.76 bits per heavy atom. The van der Waals surface area contributed by atoms with Crippen molar-refractivity contribution in [2.24, 2.45) is 0 Å². The molecule has 0 spiro atoms. The molecule has 0 atom stereocenters. The Bertz CT molecular complexity index is 1190. The van der Waals surface area contributed by atoms with Crippen LogP contribution in [0.15, 0.2) is 75.2 Å². The highest BCUT2D eigenvalue weighted by Crippen LogP contribution is 2.23. The van der Waals surface area contributed by atoms with E-state index in [0.717, 1.165) is 15.9 Å². The summed E-state index contributed by atoms with van der Waals surface area (Å²) in [4.78, 5) is 17.7. The summed E-state index contributed by atoms with van der Waals surface area (Å²) in [5, 5.41) is 5.89. The van der Waals surface area contributed by atoms with Crippen LogP contribution in [0.2, 0.25) is 0 Å². The van der Waals surface area contributed by atoms with Gasteiger partial charge < -0.3 is 4.74 Å². The van der Waals surface area contributed by atoms with Crippen molar-refractivity contribution in [1.29, 1.82) is 0 Å². The van der Waals surface area contributed by atoms with Crippen molar-refractivity contribution in [3.63, 3.8) is 0 Å². The molecular formula is C21H19BrN4O2S. The standard InChI is InChI=1S/C21H19BrN4O2S/c1-28-12-11-25-20(27)18-13-15(22)7-8-19(18)23-21(25)29-14-16-9-10-26(24-16)17-5-3-2-4-6-17/h2-10,13H,11-12,14H2,1H3. The van der Waals surface area contributed by atoms with Crippen LogP contribution in [0, 0.1) is 0 Å². The van der Waals surface area contributed by atoms with Gasteiger partial charge in [0.2, 0.25) is 0 Å². The summed E-state index contributed by atoms with van der Waals surface area (Å²) in [7, 11) is 1.62. The fourth-order valence-electron chi connectivity index (χ4n) is 2.96. The zero-order chi connectivity index (χ0) is 20.2. The van der Waals surface area contributed by atoms with Gasteiger partial charge in [0.15, 0.2) is 5.16 Å². The van der Waals surface area contributed by atoms with E-state index in [2.05, 4.69) is 21.0 Å². The Morgan fingerprint density at radius 2 is 1.97 bits per heavy atom. The van der Waals surface area contributed by atoms with Gasteiger partial charge in [-0.2, -0.15) is 5.10 Å². The minimum absolute atomic E-state index is 0.0642. The molecule has 0 bridgehead atoms. The van der Waals surface area contributed by atoms with E-state index < -0.39 is 0 Å². The lowest BCUT2D eigenvalue weighted by atomic mass is 10.2. The SMILES string of the molecule is COCCn1c(SCc2ccn(-c3ccccc3)n2)nc2ccc(Br)cc2c1=O. The third-order valence-electron chi connectivity index (χ3n) is 4.41. The van der Waals surface area contributed by atoms with Gasteiger partial charge in [-0.3, -0.25) is 9.36 Å². The minimum Gasteiger partial charge on any atom is -0.383 e. The Morgan fingerprint density at radius 1 is 1.14 bits per heavy atom. The van der Waals surface area contributed by atoms with E-state index in [0.29, 0.717) is 35.0 Å². The van der Waals surface area contributed by atoms with Crippen molar-refractivity contribution in [2.75, 3.05) is 13.7 Å². The second-order valence-corrected chi connectivity index (χ2v) is 8.24. The Hall–Kier alpha value is -2.42. The number of aromatic nitrogens is 4. The quantitative estimate of drug-likeness (QED) is 0.298. The van der Waals surface area contributed by atoms with Gasteiger partial charge in [-0.15, -0.1) is 0 Å². The highest BCUT2D eigenvalue weighted by Gasteiger charge is 2.13. The molecule has 0 radical (unpaired) electrons. The van der Waals surface area contributed by atoms with Crippen molar-refractivity contribution < 1.29 is 4.74 Å². The van der Waals surface area contributed by atoms with E-state index in [9.17, 15) is 4.79 Å². The third-order valence-corrected chi connectivity index (χ3v) is 5.92. The lowest BCUT2D eigenvalue weighted by Crippen LogP contribution is -2.25. The number of methoxy groups -OCH3 is 1. The summed E-state index contributed by atoms with van der Waals surface area (Å²) >= 11 is 4.93. The molecule has 0 N–H and O–H groups in total. The van der Waals surface area contributed by atoms with E-state index in [-0.39, 0.29) is 5.56 Å². The van der Waals surface area contributed by atoms with Crippen LogP contribution in [0.4, 0.5) is 0 Å². The van der Waals surface area contributed by atoms with Crippen molar-refractivity contribution in [1.82, 2.24) is 19.3 Å². The maximum absolute atomic E-state index is 13.0. The number of para-hydroxylation sites is 1. The summed E-state index contributed by atoms with van der Waals surface area (Å²) in [5.41, 5.74) is 2.55. The van der Waals surface area contributed by atoms with Gasteiger partial charge in [0.1, 0.15) is 0 Å². The fourth-order valence-corrected chi connectivity index (χ4v) is 4.25. The molecule has 0 saturated carbocycles. The third kappa shape index (κ3) is 4.44. The second kappa shape index (κ2) is 8.94. The number of halogens is 1. The number of benzene rings is 2. The number of rotatable bonds is 7. The molecule has 0 fully saturated rings. The number of ether oxygens (including phenoxy) is 1. The fraction of sp³-hybridized carbons (Fsp3) is 0.190. The highest BCUT2D eigenvalue weighted by molar-refractivity contribution is 9.10. The minimum atomic E-state index is -0.0642. The number of hydrogen-bond donors (Lipinski definition) is 0. The van der Waals surface area contributed by atoms with Crippen LogP contribution < -0.4 is 5.56 Å². The molecule has 0 aliphatic carbocycles. The van der Waals surface area contributed by atoms with Gasteiger partial charge in [0.25, 0.3) is 5.56 Å². The average molecular weight is 471 g/mol. The molecule has 0 amide bonds. The molecule has 0 saturated heterocycles. The molecule has 8 heteroatoms. The van der Waals surface area contributed by atoms with Gasteiger partial charge in [-0.05, 0) is 36.4 Å². The Labute approximate surface area is 180 Å². The molecule has 4 aromatic rings. The van der Waals surface area contributed by atoms with Crippen LogP contribution >= 0.6 is 27.7 Å². The molecule has 0 aliphatic rings. The van der Waals surface area contributed by atoms with Gasteiger partial charge in [0, 0.05) is 23.5 Å². The highest BCUT2D eigenvalue weighted by atomic mass is 79.9. The average Bonchev–Trinajstić information content (AvgIpc) is 3.22. The van der Waals surface area contributed by atoms with Crippen LogP contribution in [0.1, 0.15) is 5.69 Å². The van der Waals surface area contributed by atoms with Crippen molar-refractivity contribution in [3.8, 4) is 5.69 Å². The second-order valence-electron chi connectivity index (χ2n) is 6.38. The normalized spacial score (nSPS) is 11.2. The maximum Gasteiger partial charge on any atom is 0.262 e. The molecular weight excluding hydrogens is 452 g/mol. The van der Waals surface area contributed by atoms with E-state index in [4.69, 9.17) is 9.72 Å². The molecule has 4 rings (SSSR count). The summed E-state index contributed by atoms with van der Waals surface area (Å²) in [5.74, 6) is 0.612. The van der Waals surface area contributed by atoms with Crippen molar-refractivity contribution >= 4 is 38.6 Å². The first kappa shape index (κ1) is 19.9. The first-order chi connectivity index (χ1) is 14.2. The van der Waals surface area contributed by atoms with Crippen LogP contribution in [0.25, 0.3) is 16.6 Å². The summed E-state index contributed by atoms with van der Waals surface area (Å²) < 4.78 is 9.56. The van der Waals surface area contributed by atoms with Crippen LogP contribution in [0.5, 0.6) is 0 Å². The maximum atomic E-state index is 13.0. The Kier molecular flexibility index (Phi) is 6.13. The summed E-state index contributed by atoms with van der Waals surface area (Å²) in [6, 6.07) is 17.5. The zero-order valence-electron chi connectivity index (χ0n) is 15.8. The largest absolute Gasteiger partial charge is 0.383 e.